The van der Waals surface area contributed by atoms with E-state index in [2.05, 4.69) is 22.4 Å². The van der Waals surface area contributed by atoms with Crippen LogP contribution in [0.3, 0.4) is 0 Å². The molecule has 1 heterocycles. The molecule has 0 atom stereocenters. The molecule has 182 valence electrons. The summed E-state index contributed by atoms with van der Waals surface area (Å²) in [5, 5.41) is 6.55. The molecule has 0 saturated heterocycles. The van der Waals surface area contributed by atoms with Crippen LogP contribution in [0.25, 0.3) is 0 Å². The van der Waals surface area contributed by atoms with Crippen molar-refractivity contribution in [3.05, 3.63) is 101 Å². The van der Waals surface area contributed by atoms with Gasteiger partial charge in [-0.1, -0.05) is 48.0 Å². The molecule has 0 bridgehead atoms. The third-order valence-corrected chi connectivity index (χ3v) is 6.70. The second kappa shape index (κ2) is 12.1. The predicted octanol–water partition coefficient (Wildman–Crippen LogP) is 3.08. The van der Waals surface area contributed by atoms with Gasteiger partial charge in [0.25, 0.3) is 0 Å². The number of halogens is 1. The van der Waals surface area contributed by atoms with E-state index in [4.69, 9.17) is 16.0 Å². The van der Waals surface area contributed by atoms with Crippen LogP contribution in [0.2, 0.25) is 5.02 Å². The molecule has 0 radical (unpaired) electrons. The van der Waals surface area contributed by atoms with Gasteiger partial charge >= 0.3 is 11.8 Å². The number of amides is 2. The normalized spacial score (nSPS) is 11.5. The average Bonchev–Trinajstić information content (AvgIpc) is 3.31. The summed E-state index contributed by atoms with van der Waals surface area (Å²) < 4.78 is 33.6. The molecule has 0 fully saturated rings. The van der Waals surface area contributed by atoms with Crippen LogP contribution in [0.5, 0.6) is 0 Å². The summed E-state index contributed by atoms with van der Waals surface area (Å²) in [6.07, 6.45) is 2.64. The minimum atomic E-state index is -3.85. The molecule has 2 amide bonds. The van der Waals surface area contributed by atoms with Crippen molar-refractivity contribution in [1.82, 2.24) is 15.0 Å². The van der Waals surface area contributed by atoms with E-state index in [9.17, 15) is 18.0 Å². The van der Waals surface area contributed by atoms with Crippen LogP contribution in [0.1, 0.15) is 17.1 Å². The Bertz CT molecular complexity index is 1310. The van der Waals surface area contributed by atoms with Crippen LogP contribution >= 0.6 is 11.6 Å². The van der Waals surface area contributed by atoms with Gasteiger partial charge in [-0.3, -0.25) is 9.59 Å². The summed E-state index contributed by atoms with van der Waals surface area (Å²) in [6, 6.07) is 18.2. The second-order valence-electron chi connectivity index (χ2n) is 7.21. The molecule has 3 aromatic rings. The fraction of sp³-hybridized carbons (Fsp3) is 0.125. The van der Waals surface area contributed by atoms with Gasteiger partial charge in [-0.15, -0.1) is 6.58 Å². The zero-order valence-electron chi connectivity index (χ0n) is 18.6. The maximum atomic E-state index is 13.3. The Labute approximate surface area is 208 Å². The number of carbonyl (C=O) groups excluding carboxylic acids is 2. The molecule has 0 saturated carbocycles. The summed E-state index contributed by atoms with van der Waals surface area (Å²) >= 11 is 5.96. The van der Waals surface area contributed by atoms with E-state index in [0.717, 1.165) is 5.56 Å². The number of benzene rings is 2. The minimum Gasteiger partial charge on any atom is -0.459 e. The summed E-state index contributed by atoms with van der Waals surface area (Å²) in [5.74, 6) is -1.19. The van der Waals surface area contributed by atoms with Gasteiger partial charge in [-0.05, 0) is 42.0 Å². The van der Waals surface area contributed by atoms with Crippen LogP contribution in [0.15, 0.2) is 93.8 Å². The first-order valence-electron chi connectivity index (χ1n) is 10.4. The van der Waals surface area contributed by atoms with E-state index in [-0.39, 0.29) is 30.3 Å². The molecule has 0 aliphatic carbocycles. The number of nitrogens with zero attached hydrogens (tertiary/aromatic N) is 2. The third-order valence-electron chi connectivity index (χ3n) is 4.64. The van der Waals surface area contributed by atoms with E-state index in [1.165, 1.54) is 28.7 Å². The van der Waals surface area contributed by atoms with Gasteiger partial charge in [0.1, 0.15) is 11.5 Å². The molecule has 11 heteroatoms. The number of sulfonamides is 1. The molecular formula is C24H23ClN4O5S. The Morgan fingerprint density at radius 2 is 1.71 bits per heavy atom. The van der Waals surface area contributed by atoms with Crippen LogP contribution in [0.4, 0.5) is 0 Å². The fourth-order valence-corrected chi connectivity index (χ4v) is 4.48. The highest BCUT2D eigenvalue weighted by Gasteiger charge is 2.26. The number of hydrogen-bond acceptors (Lipinski definition) is 6. The predicted molar refractivity (Wildman–Crippen MR) is 132 cm³/mol. The first-order chi connectivity index (χ1) is 16.8. The molecule has 0 unspecified atom stereocenters. The first-order valence-corrected chi connectivity index (χ1v) is 12.2. The zero-order chi connectivity index (χ0) is 25.3. The summed E-state index contributed by atoms with van der Waals surface area (Å²) in [5.41, 5.74) is 2.83. The fourth-order valence-electron chi connectivity index (χ4n) is 2.93. The van der Waals surface area contributed by atoms with E-state index < -0.39 is 21.8 Å². The maximum Gasteiger partial charge on any atom is 0.329 e. The van der Waals surface area contributed by atoms with E-state index in [1.54, 1.807) is 54.6 Å². The number of furan rings is 1. The largest absolute Gasteiger partial charge is 0.459 e. The summed E-state index contributed by atoms with van der Waals surface area (Å²) in [7, 11) is -3.85. The van der Waals surface area contributed by atoms with Gasteiger partial charge in [0.2, 0.25) is 10.0 Å². The topological polar surface area (TPSA) is 121 Å². The second-order valence-corrected chi connectivity index (χ2v) is 9.59. The number of hydrogen-bond donors (Lipinski definition) is 2. The van der Waals surface area contributed by atoms with Crippen LogP contribution in [-0.4, -0.2) is 37.3 Å². The lowest BCUT2D eigenvalue weighted by atomic mass is 10.2. The van der Waals surface area contributed by atoms with Crippen molar-refractivity contribution in [2.45, 2.75) is 18.0 Å². The number of hydrazone groups is 1. The van der Waals surface area contributed by atoms with Crippen molar-refractivity contribution in [2.75, 3.05) is 6.54 Å². The first kappa shape index (κ1) is 25.9. The zero-order valence-corrected chi connectivity index (χ0v) is 20.1. The van der Waals surface area contributed by atoms with Crippen molar-refractivity contribution in [3.63, 3.8) is 0 Å². The lowest BCUT2D eigenvalue weighted by molar-refractivity contribution is -0.139. The third kappa shape index (κ3) is 7.38. The quantitative estimate of drug-likeness (QED) is 0.186. The Morgan fingerprint density at radius 3 is 2.40 bits per heavy atom. The maximum absolute atomic E-state index is 13.3. The van der Waals surface area contributed by atoms with Crippen molar-refractivity contribution < 1.29 is 22.4 Å². The Hall–Kier alpha value is -3.73. The number of rotatable bonds is 10. The van der Waals surface area contributed by atoms with E-state index in [0.29, 0.717) is 10.8 Å². The minimum absolute atomic E-state index is 0.0516. The highest BCUT2D eigenvalue weighted by atomic mass is 35.5. The SMILES string of the molecule is C=CCNC(=O)C(=O)N/N=C/c1ccc(CN(Cc2ccc(Cl)cc2)S(=O)(=O)c2ccccc2)o1. The highest BCUT2D eigenvalue weighted by molar-refractivity contribution is 7.89. The molecule has 2 aromatic carbocycles. The van der Waals surface area contributed by atoms with Gasteiger partial charge < -0.3 is 9.73 Å². The summed E-state index contributed by atoms with van der Waals surface area (Å²) in [4.78, 5) is 23.3. The monoisotopic (exact) mass is 514 g/mol. The highest BCUT2D eigenvalue weighted by Crippen LogP contribution is 2.22. The smallest absolute Gasteiger partial charge is 0.329 e. The van der Waals surface area contributed by atoms with Gasteiger partial charge in [-0.2, -0.15) is 9.41 Å². The molecule has 2 N–H and O–H groups in total. The van der Waals surface area contributed by atoms with Gasteiger partial charge in [0.15, 0.2) is 0 Å². The number of nitrogens with one attached hydrogen (secondary N) is 2. The lowest BCUT2D eigenvalue weighted by Crippen LogP contribution is -2.37. The lowest BCUT2D eigenvalue weighted by Gasteiger charge is -2.21. The Kier molecular flexibility index (Phi) is 8.96. The summed E-state index contributed by atoms with van der Waals surface area (Å²) in [6.45, 7) is 3.63. The van der Waals surface area contributed by atoms with E-state index >= 15 is 0 Å². The van der Waals surface area contributed by atoms with Crippen molar-refractivity contribution in [1.29, 1.82) is 0 Å². The standard InChI is InChI=1S/C24H23ClN4O5S/c1-2-14-26-23(30)24(31)28-27-15-20-12-13-21(34-20)17-29(16-18-8-10-19(25)11-9-18)35(32,33)22-6-4-3-5-7-22/h2-13,15H,1,14,16-17H2,(H,26,30)(H,28,31)/b27-15+. The molecule has 0 spiro atoms. The van der Waals surface area contributed by atoms with Crippen LogP contribution < -0.4 is 10.7 Å². The average molecular weight is 515 g/mol. The Morgan fingerprint density at radius 1 is 1.00 bits per heavy atom. The van der Waals surface area contributed by atoms with Gasteiger partial charge in [0.05, 0.1) is 17.7 Å². The van der Waals surface area contributed by atoms with Crippen molar-refractivity contribution in [2.24, 2.45) is 5.10 Å². The molecular weight excluding hydrogens is 492 g/mol. The Balaban J connectivity index is 1.74. The molecule has 0 aliphatic heterocycles. The molecule has 1 aromatic heterocycles. The number of carbonyl (C=O) groups is 2. The van der Waals surface area contributed by atoms with Crippen LogP contribution in [0, 0.1) is 0 Å². The van der Waals surface area contributed by atoms with E-state index in [1.807, 2.05) is 0 Å². The van der Waals surface area contributed by atoms with Gasteiger partial charge in [-0.25, -0.2) is 13.8 Å². The molecule has 9 nitrogen and oxygen atoms in total. The van der Waals surface area contributed by atoms with Gasteiger partial charge in [0, 0.05) is 18.1 Å². The molecule has 35 heavy (non-hydrogen) atoms. The molecule has 3 rings (SSSR count). The molecule has 0 aliphatic rings. The van der Waals surface area contributed by atoms with Crippen molar-refractivity contribution in [3.8, 4) is 0 Å². The van der Waals surface area contributed by atoms with Crippen LogP contribution in [-0.2, 0) is 32.7 Å². The van der Waals surface area contributed by atoms with Crippen molar-refractivity contribution >= 4 is 39.7 Å².